The van der Waals surface area contributed by atoms with E-state index >= 15 is 0 Å². The SMILES string of the molecule is CC1CCN(c2cc(N3CCCCC3C)nc(NC(=S)NCC3(c4cccc(Cl)c4)CCCC3)n2)CC1. The summed E-state index contributed by atoms with van der Waals surface area (Å²) >= 11 is 12.1. The molecule has 3 heterocycles. The van der Waals surface area contributed by atoms with Crippen molar-refractivity contribution in [2.24, 2.45) is 5.92 Å². The van der Waals surface area contributed by atoms with Crippen molar-refractivity contribution in [3.05, 3.63) is 40.9 Å². The third-order valence-corrected chi connectivity index (χ3v) is 9.20. The molecule has 8 heteroatoms. The predicted octanol–water partition coefficient (Wildman–Crippen LogP) is 6.54. The van der Waals surface area contributed by atoms with Crippen LogP contribution in [-0.4, -0.2) is 47.3 Å². The van der Waals surface area contributed by atoms with Crippen LogP contribution in [0.5, 0.6) is 0 Å². The number of benzene rings is 1. The van der Waals surface area contributed by atoms with Gasteiger partial charge in [0, 0.05) is 48.7 Å². The standard InChI is InChI=1S/C29H41ClN6S/c1-21-11-16-35(17-12-21)25-19-26(36-15-6-3-8-22(36)2)33-27(32-25)34-28(37)31-20-29(13-4-5-14-29)23-9-7-10-24(30)18-23/h7,9-10,18-19,21-22H,3-6,8,11-17,20H2,1-2H3,(H2,31,32,33,34,37). The van der Waals surface area contributed by atoms with Gasteiger partial charge in [0.05, 0.1) is 0 Å². The highest BCUT2D eigenvalue weighted by Gasteiger charge is 2.36. The van der Waals surface area contributed by atoms with Crippen molar-refractivity contribution in [2.75, 3.05) is 41.3 Å². The number of aromatic nitrogens is 2. The quantitative estimate of drug-likeness (QED) is 0.403. The van der Waals surface area contributed by atoms with Gasteiger partial charge in [-0.3, -0.25) is 0 Å². The number of thiocarbonyl (C=S) groups is 1. The van der Waals surface area contributed by atoms with Crippen molar-refractivity contribution in [2.45, 2.75) is 83.1 Å². The van der Waals surface area contributed by atoms with Gasteiger partial charge in [-0.1, -0.05) is 43.5 Å². The molecule has 5 rings (SSSR count). The second-order valence-corrected chi connectivity index (χ2v) is 12.3. The summed E-state index contributed by atoms with van der Waals surface area (Å²) in [5.74, 6) is 3.37. The zero-order chi connectivity index (χ0) is 25.8. The average molecular weight is 541 g/mol. The number of anilines is 3. The Morgan fingerprint density at radius 2 is 1.76 bits per heavy atom. The molecule has 1 aromatic carbocycles. The molecule has 0 bridgehead atoms. The van der Waals surface area contributed by atoms with Crippen molar-refractivity contribution in [1.82, 2.24) is 15.3 Å². The van der Waals surface area contributed by atoms with Gasteiger partial charge >= 0.3 is 0 Å². The molecule has 2 aliphatic heterocycles. The van der Waals surface area contributed by atoms with Crippen LogP contribution in [0, 0.1) is 5.92 Å². The second kappa shape index (κ2) is 11.7. The highest BCUT2D eigenvalue weighted by molar-refractivity contribution is 7.80. The van der Waals surface area contributed by atoms with Crippen LogP contribution in [0.3, 0.4) is 0 Å². The van der Waals surface area contributed by atoms with E-state index in [4.69, 9.17) is 33.8 Å². The molecule has 6 nitrogen and oxygen atoms in total. The molecule has 2 N–H and O–H groups in total. The summed E-state index contributed by atoms with van der Waals surface area (Å²) in [4.78, 5) is 14.7. The third-order valence-electron chi connectivity index (χ3n) is 8.71. The summed E-state index contributed by atoms with van der Waals surface area (Å²) in [5.41, 5.74) is 1.35. The molecule has 2 saturated heterocycles. The van der Waals surface area contributed by atoms with Crippen LogP contribution >= 0.6 is 23.8 Å². The number of nitrogens with one attached hydrogen (secondary N) is 2. The lowest BCUT2D eigenvalue weighted by atomic mass is 9.79. The minimum Gasteiger partial charge on any atom is -0.361 e. The Morgan fingerprint density at radius 3 is 2.49 bits per heavy atom. The van der Waals surface area contributed by atoms with Crippen LogP contribution in [0.2, 0.25) is 5.02 Å². The average Bonchev–Trinajstić information content (AvgIpc) is 3.38. The molecule has 0 spiro atoms. The largest absolute Gasteiger partial charge is 0.361 e. The fourth-order valence-corrected chi connectivity index (χ4v) is 6.65. The minimum absolute atomic E-state index is 0.0538. The van der Waals surface area contributed by atoms with E-state index in [1.165, 1.54) is 50.5 Å². The first kappa shape index (κ1) is 26.5. The summed E-state index contributed by atoms with van der Waals surface area (Å²) in [6.07, 6.45) is 10.8. The molecule has 1 atom stereocenters. The van der Waals surface area contributed by atoms with Crippen molar-refractivity contribution < 1.29 is 0 Å². The van der Waals surface area contributed by atoms with Crippen molar-refractivity contribution in [1.29, 1.82) is 0 Å². The van der Waals surface area contributed by atoms with Crippen LogP contribution in [0.1, 0.15) is 77.2 Å². The monoisotopic (exact) mass is 540 g/mol. The topological polar surface area (TPSA) is 56.3 Å². The van der Waals surface area contributed by atoms with Gasteiger partial charge in [-0.05, 0) is 87.7 Å². The van der Waals surface area contributed by atoms with E-state index in [0.29, 0.717) is 17.1 Å². The molecule has 3 fully saturated rings. The zero-order valence-electron chi connectivity index (χ0n) is 22.3. The van der Waals surface area contributed by atoms with Crippen LogP contribution in [-0.2, 0) is 5.41 Å². The maximum Gasteiger partial charge on any atom is 0.232 e. The van der Waals surface area contributed by atoms with Crippen molar-refractivity contribution in [3.8, 4) is 0 Å². The van der Waals surface area contributed by atoms with Gasteiger partial charge in [0.1, 0.15) is 11.6 Å². The van der Waals surface area contributed by atoms with Gasteiger partial charge in [-0.2, -0.15) is 9.97 Å². The molecule has 3 aliphatic rings. The fraction of sp³-hybridized carbons (Fsp3) is 0.621. The van der Waals surface area contributed by atoms with E-state index in [1.54, 1.807) is 0 Å². The Labute approximate surface area is 232 Å². The Bertz CT molecular complexity index is 1080. The van der Waals surface area contributed by atoms with Gasteiger partial charge in [0.2, 0.25) is 5.95 Å². The van der Waals surface area contributed by atoms with Crippen LogP contribution < -0.4 is 20.4 Å². The Hall–Kier alpha value is -2.12. The molecule has 1 saturated carbocycles. The lowest BCUT2D eigenvalue weighted by molar-refractivity contribution is 0.435. The lowest BCUT2D eigenvalue weighted by Gasteiger charge is -2.36. The lowest BCUT2D eigenvalue weighted by Crippen LogP contribution is -2.41. The van der Waals surface area contributed by atoms with Crippen molar-refractivity contribution >= 4 is 46.5 Å². The summed E-state index contributed by atoms with van der Waals surface area (Å²) in [6.45, 7) is 8.54. The first-order valence-electron chi connectivity index (χ1n) is 14.1. The van der Waals surface area contributed by atoms with E-state index < -0.39 is 0 Å². The molecular formula is C29H41ClN6S. The molecule has 1 unspecified atom stereocenters. The van der Waals surface area contributed by atoms with Crippen LogP contribution in [0.15, 0.2) is 30.3 Å². The first-order valence-corrected chi connectivity index (χ1v) is 14.9. The van der Waals surface area contributed by atoms with E-state index in [-0.39, 0.29) is 5.41 Å². The number of nitrogens with zero attached hydrogens (tertiary/aromatic N) is 4. The van der Waals surface area contributed by atoms with Gasteiger partial charge in [-0.15, -0.1) is 0 Å². The predicted molar refractivity (Wildman–Crippen MR) is 159 cm³/mol. The number of rotatable bonds is 6. The number of piperidine rings is 2. The van der Waals surface area contributed by atoms with Crippen molar-refractivity contribution in [3.63, 3.8) is 0 Å². The molecule has 2 aromatic rings. The summed E-state index contributed by atoms with van der Waals surface area (Å²) in [5, 5.41) is 8.23. The minimum atomic E-state index is 0.0538. The van der Waals surface area contributed by atoms with E-state index in [2.05, 4.69) is 58.5 Å². The molecule has 0 radical (unpaired) electrons. The number of hydrogen-bond donors (Lipinski definition) is 2. The normalized spacial score (nSPS) is 22.2. The highest BCUT2D eigenvalue weighted by atomic mass is 35.5. The van der Waals surface area contributed by atoms with Crippen LogP contribution in [0.4, 0.5) is 17.6 Å². The summed E-state index contributed by atoms with van der Waals surface area (Å²) < 4.78 is 0. The zero-order valence-corrected chi connectivity index (χ0v) is 23.9. The fourth-order valence-electron chi connectivity index (χ4n) is 6.30. The molecule has 37 heavy (non-hydrogen) atoms. The Balaban J connectivity index is 1.33. The highest BCUT2D eigenvalue weighted by Crippen LogP contribution is 2.41. The van der Waals surface area contributed by atoms with E-state index in [9.17, 15) is 0 Å². The Morgan fingerprint density at radius 1 is 1.00 bits per heavy atom. The summed E-state index contributed by atoms with van der Waals surface area (Å²) in [6, 6.07) is 11.0. The second-order valence-electron chi connectivity index (χ2n) is 11.4. The van der Waals surface area contributed by atoms with Crippen LogP contribution in [0.25, 0.3) is 0 Å². The van der Waals surface area contributed by atoms with Gasteiger partial charge in [-0.25, -0.2) is 0 Å². The van der Waals surface area contributed by atoms with Gasteiger partial charge in [0.25, 0.3) is 0 Å². The first-order chi connectivity index (χ1) is 17.9. The molecular weight excluding hydrogens is 500 g/mol. The smallest absolute Gasteiger partial charge is 0.232 e. The number of hydrogen-bond acceptors (Lipinski definition) is 5. The molecule has 1 aromatic heterocycles. The van der Waals surface area contributed by atoms with E-state index in [0.717, 1.165) is 61.6 Å². The molecule has 1 aliphatic carbocycles. The molecule has 200 valence electrons. The molecule has 0 amide bonds. The summed E-state index contributed by atoms with van der Waals surface area (Å²) in [7, 11) is 0. The maximum atomic E-state index is 6.35. The van der Waals surface area contributed by atoms with Gasteiger partial charge in [0.15, 0.2) is 5.11 Å². The van der Waals surface area contributed by atoms with Gasteiger partial charge < -0.3 is 20.4 Å². The third kappa shape index (κ3) is 6.31. The van der Waals surface area contributed by atoms with E-state index in [1.807, 2.05) is 6.07 Å². The maximum absolute atomic E-state index is 6.35. The number of halogens is 1. The Kier molecular flexibility index (Phi) is 8.40.